The van der Waals surface area contributed by atoms with Gasteiger partial charge in [-0.25, -0.2) is 15.8 Å². The van der Waals surface area contributed by atoms with E-state index in [-0.39, 0.29) is 18.0 Å². The summed E-state index contributed by atoms with van der Waals surface area (Å²) in [5.41, 5.74) is 9.52. The van der Waals surface area contributed by atoms with Crippen molar-refractivity contribution in [1.82, 2.24) is 25.7 Å². The summed E-state index contributed by atoms with van der Waals surface area (Å²) in [6.45, 7) is 4.86. The molecule has 3 aromatic rings. The largest absolute Gasteiger partial charge is 0.496 e. The number of hydrazine groups is 1. The van der Waals surface area contributed by atoms with E-state index in [2.05, 4.69) is 40.6 Å². The predicted octanol–water partition coefficient (Wildman–Crippen LogP) is 2.89. The summed E-state index contributed by atoms with van der Waals surface area (Å²) in [7, 11) is 1.66. The van der Waals surface area contributed by atoms with Gasteiger partial charge in [-0.2, -0.15) is 0 Å². The van der Waals surface area contributed by atoms with Gasteiger partial charge in [-0.05, 0) is 38.5 Å². The molecule has 7 heteroatoms. The lowest BCUT2D eigenvalue weighted by atomic mass is 10.0. The number of fused-ring (bicyclic) bond motifs is 1. The highest BCUT2D eigenvalue weighted by Crippen LogP contribution is 2.29. The number of methoxy groups -OCH3 is 1. The van der Waals surface area contributed by atoms with Crippen LogP contribution in [-0.4, -0.2) is 35.2 Å². The second-order valence-electron chi connectivity index (χ2n) is 7.89. The van der Waals surface area contributed by atoms with Crippen molar-refractivity contribution in [3.8, 4) is 5.75 Å². The molecule has 158 valence electrons. The lowest BCUT2D eigenvalue weighted by Gasteiger charge is -2.15. The van der Waals surface area contributed by atoms with Crippen LogP contribution in [0.1, 0.15) is 43.7 Å². The molecule has 0 aliphatic carbocycles. The second-order valence-corrected chi connectivity index (χ2v) is 7.89. The number of benzene rings is 2. The Morgan fingerprint density at radius 1 is 1.20 bits per heavy atom. The van der Waals surface area contributed by atoms with E-state index in [0.717, 1.165) is 28.2 Å². The number of para-hydroxylation sites is 3. The third kappa shape index (κ3) is 4.04. The second kappa shape index (κ2) is 8.85. The van der Waals surface area contributed by atoms with E-state index in [1.165, 1.54) is 0 Å². The van der Waals surface area contributed by atoms with Crippen LogP contribution in [0.2, 0.25) is 0 Å². The van der Waals surface area contributed by atoms with Gasteiger partial charge in [0.25, 0.3) is 0 Å². The maximum atomic E-state index is 12.7. The quantitative estimate of drug-likeness (QED) is 0.561. The molecule has 1 fully saturated rings. The molecule has 30 heavy (non-hydrogen) atoms. The van der Waals surface area contributed by atoms with Crippen molar-refractivity contribution in [3.05, 3.63) is 59.9 Å². The zero-order valence-electron chi connectivity index (χ0n) is 17.7. The topological polar surface area (TPSA) is 80.2 Å². The summed E-state index contributed by atoms with van der Waals surface area (Å²) in [6, 6.07) is 16.1. The number of ether oxygens (including phenoxy) is 1. The van der Waals surface area contributed by atoms with Gasteiger partial charge >= 0.3 is 0 Å². The van der Waals surface area contributed by atoms with Gasteiger partial charge in [0.2, 0.25) is 5.91 Å². The lowest BCUT2D eigenvalue weighted by molar-refractivity contribution is -0.122. The van der Waals surface area contributed by atoms with Crippen molar-refractivity contribution in [3.63, 3.8) is 0 Å². The average Bonchev–Trinajstić information content (AvgIpc) is 3.38. The number of hydrogen-bond donors (Lipinski definition) is 3. The Bertz CT molecular complexity index is 1030. The van der Waals surface area contributed by atoms with E-state index >= 15 is 0 Å². The van der Waals surface area contributed by atoms with Crippen LogP contribution < -0.4 is 20.9 Å². The monoisotopic (exact) mass is 407 g/mol. The maximum Gasteiger partial charge on any atom is 0.238 e. The first-order chi connectivity index (χ1) is 14.6. The summed E-state index contributed by atoms with van der Waals surface area (Å²) in [4.78, 5) is 17.5. The molecule has 3 N–H and O–H groups in total. The summed E-state index contributed by atoms with van der Waals surface area (Å²) < 4.78 is 7.69. The fourth-order valence-electron chi connectivity index (χ4n) is 4.15. The number of imidazole rings is 1. The lowest BCUT2D eigenvalue weighted by Crippen LogP contribution is -2.43. The van der Waals surface area contributed by atoms with Crippen LogP contribution in [0.3, 0.4) is 0 Å². The number of aromatic nitrogens is 2. The Morgan fingerprint density at radius 2 is 1.97 bits per heavy atom. The maximum absolute atomic E-state index is 12.7. The van der Waals surface area contributed by atoms with Crippen molar-refractivity contribution in [2.45, 2.75) is 44.8 Å². The van der Waals surface area contributed by atoms with E-state index in [1.807, 2.05) is 42.5 Å². The molecule has 1 aromatic heterocycles. The van der Waals surface area contributed by atoms with Crippen molar-refractivity contribution in [2.24, 2.45) is 0 Å². The van der Waals surface area contributed by atoms with Gasteiger partial charge in [-0.3, -0.25) is 4.79 Å². The molecular formula is C23H29N5O2. The van der Waals surface area contributed by atoms with E-state index < -0.39 is 0 Å². The molecule has 0 spiro atoms. The molecule has 1 amide bonds. The highest BCUT2D eigenvalue weighted by atomic mass is 16.5. The Labute approximate surface area is 176 Å². The molecular weight excluding hydrogens is 378 g/mol. The first kappa shape index (κ1) is 20.4. The van der Waals surface area contributed by atoms with E-state index in [0.29, 0.717) is 25.4 Å². The van der Waals surface area contributed by atoms with Gasteiger partial charge in [-0.15, -0.1) is 0 Å². The standard InChI is InChI=1S/C23H29N5O2/c1-15(2)28-20-10-6-5-9-17(20)25-22(28)12-13-24-23(29)19-14-18(26-27-19)16-8-4-7-11-21(16)30-3/h4-11,15,18-19,26-27H,12-14H2,1-3H3,(H,24,29). The van der Waals surface area contributed by atoms with Crippen molar-refractivity contribution in [1.29, 1.82) is 0 Å². The number of amides is 1. The van der Waals surface area contributed by atoms with Crippen LogP contribution in [0.25, 0.3) is 11.0 Å². The number of rotatable bonds is 7. The Morgan fingerprint density at radius 3 is 2.77 bits per heavy atom. The molecule has 1 aliphatic rings. The van der Waals surface area contributed by atoms with Gasteiger partial charge < -0.3 is 14.6 Å². The smallest absolute Gasteiger partial charge is 0.238 e. The first-order valence-corrected chi connectivity index (χ1v) is 10.5. The number of carbonyl (C=O) groups excluding carboxylic acids is 1. The molecule has 2 heterocycles. The normalized spacial score (nSPS) is 18.8. The molecule has 2 unspecified atom stereocenters. The highest BCUT2D eigenvalue weighted by molar-refractivity contribution is 5.82. The molecule has 4 rings (SSSR count). The molecule has 1 saturated heterocycles. The van der Waals surface area contributed by atoms with Crippen LogP contribution in [0.4, 0.5) is 0 Å². The minimum Gasteiger partial charge on any atom is -0.496 e. The van der Waals surface area contributed by atoms with Crippen LogP contribution >= 0.6 is 0 Å². The van der Waals surface area contributed by atoms with Gasteiger partial charge in [0.15, 0.2) is 0 Å². The zero-order chi connectivity index (χ0) is 21.1. The summed E-state index contributed by atoms with van der Waals surface area (Å²) in [5, 5.41) is 3.06. The van der Waals surface area contributed by atoms with Gasteiger partial charge in [0.1, 0.15) is 17.6 Å². The Hall–Kier alpha value is -2.90. The molecule has 7 nitrogen and oxygen atoms in total. The van der Waals surface area contributed by atoms with Crippen LogP contribution in [0.5, 0.6) is 5.75 Å². The first-order valence-electron chi connectivity index (χ1n) is 10.5. The number of nitrogens with one attached hydrogen (secondary N) is 3. The number of nitrogens with zero attached hydrogens (tertiary/aromatic N) is 2. The van der Waals surface area contributed by atoms with Crippen LogP contribution in [0.15, 0.2) is 48.5 Å². The third-order valence-corrected chi connectivity index (χ3v) is 5.57. The third-order valence-electron chi connectivity index (χ3n) is 5.57. The van der Waals surface area contributed by atoms with Crippen LogP contribution in [-0.2, 0) is 11.2 Å². The fraction of sp³-hybridized carbons (Fsp3) is 0.391. The molecule has 0 bridgehead atoms. The molecule has 2 aromatic carbocycles. The molecule has 0 radical (unpaired) electrons. The minimum absolute atomic E-state index is 0.00731. The van der Waals surface area contributed by atoms with Crippen LogP contribution in [0, 0.1) is 0 Å². The Kier molecular flexibility index (Phi) is 6.01. The number of hydrogen-bond acceptors (Lipinski definition) is 5. The van der Waals surface area contributed by atoms with Crippen molar-refractivity contribution < 1.29 is 9.53 Å². The van der Waals surface area contributed by atoms with Gasteiger partial charge in [0, 0.05) is 24.6 Å². The van der Waals surface area contributed by atoms with Gasteiger partial charge in [0.05, 0.1) is 24.2 Å². The summed E-state index contributed by atoms with van der Waals surface area (Å²) >= 11 is 0. The zero-order valence-corrected chi connectivity index (χ0v) is 17.7. The molecule has 1 aliphatic heterocycles. The van der Waals surface area contributed by atoms with E-state index in [1.54, 1.807) is 7.11 Å². The summed E-state index contributed by atoms with van der Waals surface area (Å²) in [5.74, 6) is 1.81. The van der Waals surface area contributed by atoms with Crippen molar-refractivity contribution >= 4 is 16.9 Å². The number of carbonyl (C=O) groups is 1. The predicted molar refractivity (Wildman–Crippen MR) is 117 cm³/mol. The minimum atomic E-state index is -0.288. The van der Waals surface area contributed by atoms with E-state index in [9.17, 15) is 4.79 Å². The SMILES string of the molecule is COc1ccccc1C1CC(C(=O)NCCc2nc3ccccc3n2C(C)C)NN1. The van der Waals surface area contributed by atoms with E-state index in [4.69, 9.17) is 9.72 Å². The summed E-state index contributed by atoms with van der Waals surface area (Å²) in [6.07, 6.45) is 1.35. The molecule has 2 atom stereocenters. The van der Waals surface area contributed by atoms with Gasteiger partial charge in [-0.1, -0.05) is 30.3 Å². The fourth-order valence-corrected chi connectivity index (χ4v) is 4.15. The average molecular weight is 408 g/mol. The molecule has 0 saturated carbocycles. The van der Waals surface area contributed by atoms with Crippen molar-refractivity contribution in [2.75, 3.05) is 13.7 Å². The highest BCUT2D eigenvalue weighted by Gasteiger charge is 2.31. The Balaban J connectivity index is 1.36.